The fourth-order valence-corrected chi connectivity index (χ4v) is 2.40. The molecule has 2 rings (SSSR count). The standard InChI is InChI=1S/C19H22F2N2O2/c1-4-23(5-2)15-8-6-14(7-9-15)22-19(24)13(3)25-16-10-11-17(20)18(21)12-16/h6-13H,4-5H2,1-3H3,(H,22,24). The fraction of sp³-hybridized carbons (Fsp3) is 0.316. The maximum atomic E-state index is 13.2. The predicted molar refractivity (Wildman–Crippen MR) is 95.1 cm³/mol. The van der Waals surface area contributed by atoms with Gasteiger partial charge in [-0.3, -0.25) is 4.79 Å². The van der Waals surface area contributed by atoms with Crippen LogP contribution in [0.4, 0.5) is 20.2 Å². The number of carbonyl (C=O) groups excluding carboxylic acids is 1. The highest BCUT2D eigenvalue weighted by atomic mass is 19.2. The van der Waals surface area contributed by atoms with Gasteiger partial charge in [0.15, 0.2) is 17.7 Å². The summed E-state index contributed by atoms with van der Waals surface area (Å²) in [6.45, 7) is 7.51. The summed E-state index contributed by atoms with van der Waals surface area (Å²) in [5.74, 6) is -2.26. The zero-order valence-corrected chi connectivity index (χ0v) is 14.6. The third-order valence-corrected chi connectivity index (χ3v) is 3.84. The SMILES string of the molecule is CCN(CC)c1ccc(NC(=O)C(C)Oc2ccc(F)c(F)c2)cc1. The summed E-state index contributed by atoms with van der Waals surface area (Å²) in [6.07, 6.45) is -0.854. The molecule has 2 aromatic carbocycles. The van der Waals surface area contributed by atoms with E-state index in [-0.39, 0.29) is 11.7 Å². The van der Waals surface area contributed by atoms with Crippen LogP contribution in [0.1, 0.15) is 20.8 Å². The lowest BCUT2D eigenvalue weighted by Gasteiger charge is -2.21. The minimum absolute atomic E-state index is 0.0958. The molecule has 1 amide bonds. The molecule has 0 bridgehead atoms. The van der Waals surface area contributed by atoms with Gasteiger partial charge in [-0.25, -0.2) is 8.78 Å². The Bertz CT molecular complexity index is 716. The number of carbonyl (C=O) groups is 1. The molecule has 0 fully saturated rings. The number of halogens is 2. The van der Waals surface area contributed by atoms with Crippen LogP contribution in [0.5, 0.6) is 5.75 Å². The highest BCUT2D eigenvalue weighted by Gasteiger charge is 2.16. The summed E-state index contributed by atoms with van der Waals surface area (Å²) in [5, 5.41) is 2.74. The molecule has 0 spiro atoms. The maximum Gasteiger partial charge on any atom is 0.265 e. The number of anilines is 2. The van der Waals surface area contributed by atoms with Gasteiger partial charge in [-0.15, -0.1) is 0 Å². The van der Waals surface area contributed by atoms with E-state index in [2.05, 4.69) is 24.1 Å². The highest BCUT2D eigenvalue weighted by molar-refractivity contribution is 5.94. The van der Waals surface area contributed by atoms with Gasteiger partial charge in [0.1, 0.15) is 5.75 Å². The van der Waals surface area contributed by atoms with Gasteiger partial charge < -0.3 is 15.0 Å². The summed E-state index contributed by atoms with van der Waals surface area (Å²) in [4.78, 5) is 14.4. The van der Waals surface area contributed by atoms with Crippen LogP contribution >= 0.6 is 0 Å². The molecule has 0 saturated carbocycles. The Balaban J connectivity index is 1.97. The summed E-state index contributed by atoms with van der Waals surface area (Å²) in [6, 6.07) is 10.7. The average molecular weight is 348 g/mol. The Morgan fingerprint density at radius 1 is 1.08 bits per heavy atom. The van der Waals surface area contributed by atoms with Crippen molar-refractivity contribution in [3.63, 3.8) is 0 Å². The van der Waals surface area contributed by atoms with Gasteiger partial charge in [0.05, 0.1) is 0 Å². The molecular formula is C19H22F2N2O2. The van der Waals surface area contributed by atoms with Gasteiger partial charge in [0.2, 0.25) is 0 Å². The topological polar surface area (TPSA) is 41.6 Å². The van der Waals surface area contributed by atoms with E-state index in [1.165, 1.54) is 6.07 Å². The molecule has 1 unspecified atom stereocenters. The van der Waals surface area contributed by atoms with Gasteiger partial charge in [-0.1, -0.05) is 0 Å². The molecule has 0 aliphatic heterocycles. The Morgan fingerprint density at radius 2 is 1.72 bits per heavy atom. The van der Waals surface area contributed by atoms with E-state index in [4.69, 9.17) is 4.74 Å². The summed E-state index contributed by atoms with van der Waals surface area (Å²) in [5.41, 5.74) is 1.72. The van der Waals surface area contributed by atoms with Gasteiger partial charge in [-0.05, 0) is 57.2 Å². The zero-order chi connectivity index (χ0) is 18.4. The summed E-state index contributed by atoms with van der Waals surface area (Å²) >= 11 is 0. The molecule has 4 nitrogen and oxygen atoms in total. The minimum Gasteiger partial charge on any atom is -0.481 e. The lowest BCUT2D eigenvalue weighted by Crippen LogP contribution is -2.30. The molecule has 0 saturated heterocycles. The van der Waals surface area contributed by atoms with E-state index in [0.717, 1.165) is 30.9 Å². The van der Waals surface area contributed by atoms with E-state index in [1.54, 1.807) is 6.92 Å². The fourth-order valence-electron chi connectivity index (χ4n) is 2.40. The van der Waals surface area contributed by atoms with Gasteiger partial charge in [0, 0.05) is 30.5 Å². The van der Waals surface area contributed by atoms with Crippen molar-refractivity contribution in [3.8, 4) is 5.75 Å². The Morgan fingerprint density at radius 3 is 2.28 bits per heavy atom. The second-order valence-electron chi connectivity index (χ2n) is 5.54. The smallest absolute Gasteiger partial charge is 0.265 e. The first kappa shape index (κ1) is 18.7. The number of rotatable bonds is 7. The average Bonchev–Trinajstić information content (AvgIpc) is 2.60. The van der Waals surface area contributed by atoms with Crippen molar-refractivity contribution in [1.82, 2.24) is 0 Å². The molecule has 2 aromatic rings. The molecule has 6 heteroatoms. The molecule has 0 heterocycles. The van der Waals surface area contributed by atoms with E-state index in [1.807, 2.05) is 24.3 Å². The van der Waals surface area contributed by atoms with Crippen molar-refractivity contribution in [2.45, 2.75) is 26.9 Å². The van der Waals surface area contributed by atoms with Gasteiger partial charge >= 0.3 is 0 Å². The first-order chi connectivity index (χ1) is 11.9. The van der Waals surface area contributed by atoms with Gasteiger partial charge in [0.25, 0.3) is 5.91 Å². The summed E-state index contributed by atoms with van der Waals surface area (Å²) < 4.78 is 31.4. The molecule has 25 heavy (non-hydrogen) atoms. The van der Waals surface area contributed by atoms with Crippen molar-refractivity contribution in [3.05, 3.63) is 54.1 Å². The number of ether oxygens (including phenoxy) is 1. The number of nitrogens with zero attached hydrogens (tertiary/aromatic N) is 1. The van der Waals surface area contributed by atoms with Crippen LogP contribution in [0, 0.1) is 11.6 Å². The molecule has 0 radical (unpaired) electrons. The van der Waals surface area contributed by atoms with Crippen molar-refractivity contribution < 1.29 is 18.3 Å². The largest absolute Gasteiger partial charge is 0.481 e. The third kappa shape index (κ3) is 4.92. The van der Waals surface area contributed by atoms with E-state index in [9.17, 15) is 13.6 Å². The highest BCUT2D eigenvalue weighted by Crippen LogP contribution is 2.19. The molecular weight excluding hydrogens is 326 g/mol. The summed E-state index contributed by atoms with van der Waals surface area (Å²) in [7, 11) is 0. The number of hydrogen-bond acceptors (Lipinski definition) is 3. The molecule has 0 aromatic heterocycles. The first-order valence-electron chi connectivity index (χ1n) is 8.22. The Labute approximate surface area is 146 Å². The van der Waals surface area contributed by atoms with Crippen LogP contribution in [0.15, 0.2) is 42.5 Å². The second kappa shape index (κ2) is 8.46. The lowest BCUT2D eigenvalue weighted by molar-refractivity contribution is -0.122. The molecule has 1 atom stereocenters. The van der Waals surface area contributed by atoms with Crippen LogP contribution in [0.3, 0.4) is 0 Å². The Hall–Kier alpha value is -2.63. The molecule has 0 aliphatic rings. The number of hydrogen-bond donors (Lipinski definition) is 1. The van der Waals surface area contributed by atoms with Crippen LogP contribution in [-0.2, 0) is 4.79 Å². The normalized spacial score (nSPS) is 11.7. The van der Waals surface area contributed by atoms with Crippen LogP contribution in [0.25, 0.3) is 0 Å². The van der Waals surface area contributed by atoms with E-state index in [0.29, 0.717) is 5.69 Å². The van der Waals surface area contributed by atoms with Crippen LogP contribution in [0.2, 0.25) is 0 Å². The quantitative estimate of drug-likeness (QED) is 0.815. The van der Waals surface area contributed by atoms with E-state index >= 15 is 0 Å². The molecule has 0 aliphatic carbocycles. The predicted octanol–water partition coefficient (Wildman–Crippen LogP) is 4.22. The minimum atomic E-state index is -1.02. The van der Waals surface area contributed by atoms with Crippen LogP contribution < -0.4 is 15.0 Å². The molecule has 1 N–H and O–H groups in total. The number of nitrogens with one attached hydrogen (secondary N) is 1. The maximum absolute atomic E-state index is 13.2. The lowest BCUT2D eigenvalue weighted by atomic mass is 10.2. The van der Waals surface area contributed by atoms with Gasteiger partial charge in [-0.2, -0.15) is 0 Å². The Kier molecular flexibility index (Phi) is 6.33. The monoisotopic (exact) mass is 348 g/mol. The number of benzene rings is 2. The zero-order valence-electron chi connectivity index (χ0n) is 14.6. The van der Waals surface area contributed by atoms with Crippen molar-refractivity contribution >= 4 is 17.3 Å². The van der Waals surface area contributed by atoms with Crippen molar-refractivity contribution in [2.24, 2.45) is 0 Å². The second-order valence-corrected chi connectivity index (χ2v) is 5.54. The van der Waals surface area contributed by atoms with Crippen molar-refractivity contribution in [1.29, 1.82) is 0 Å². The number of amides is 1. The third-order valence-electron chi connectivity index (χ3n) is 3.84. The van der Waals surface area contributed by atoms with Crippen LogP contribution in [-0.4, -0.2) is 25.1 Å². The van der Waals surface area contributed by atoms with Crippen molar-refractivity contribution in [2.75, 3.05) is 23.3 Å². The molecule has 134 valence electrons. The van der Waals surface area contributed by atoms with E-state index < -0.39 is 17.7 Å². The first-order valence-corrected chi connectivity index (χ1v) is 8.22.